The largest absolute Gasteiger partial charge is 0.324 e. The van der Waals surface area contributed by atoms with E-state index in [-0.39, 0.29) is 16.5 Å². The Balaban J connectivity index is 2.06. The molecule has 1 amide bonds. The zero-order chi connectivity index (χ0) is 15.5. The first-order valence-corrected chi connectivity index (χ1v) is 9.26. The number of nitrogens with two attached hydrogens (primary N) is 1. The van der Waals surface area contributed by atoms with Gasteiger partial charge in [0, 0.05) is 6.42 Å². The Hall–Kier alpha value is -1.12. The minimum Gasteiger partial charge on any atom is -0.324 e. The van der Waals surface area contributed by atoms with Gasteiger partial charge in [-0.1, -0.05) is 0 Å². The van der Waals surface area contributed by atoms with Gasteiger partial charge in [-0.2, -0.15) is 11.8 Å². The second kappa shape index (κ2) is 6.76. The van der Waals surface area contributed by atoms with Crippen LogP contribution in [0.2, 0.25) is 0 Å². The third kappa shape index (κ3) is 4.69. The van der Waals surface area contributed by atoms with Crippen LogP contribution in [0.25, 0.3) is 0 Å². The predicted octanol–water partition coefficient (Wildman–Crippen LogP) is 1.94. The van der Waals surface area contributed by atoms with Gasteiger partial charge >= 0.3 is 0 Å². The molecule has 1 heterocycles. The van der Waals surface area contributed by atoms with E-state index >= 15 is 0 Å². The summed E-state index contributed by atoms with van der Waals surface area (Å²) in [5.41, 5.74) is -0.156. The fourth-order valence-electron chi connectivity index (χ4n) is 2.19. The summed E-state index contributed by atoms with van der Waals surface area (Å²) >= 11 is 1.86. The zero-order valence-corrected chi connectivity index (χ0v) is 13.0. The molecule has 0 radical (unpaired) electrons. The molecule has 1 fully saturated rings. The zero-order valence-electron chi connectivity index (χ0n) is 11.3. The highest BCUT2D eigenvalue weighted by atomic mass is 32.2. The Morgan fingerprint density at radius 2 is 2.05 bits per heavy atom. The van der Waals surface area contributed by atoms with Gasteiger partial charge in [-0.15, -0.1) is 0 Å². The molecule has 0 atom stereocenters. The molecule has 1 saturated heterocycles. The average molecular weight is 332 g/mol. The summed E-state index contributed by atoms with van der Waals surface area (Å²) in [6, 6.07) is 3.09. The van der Waals surface area contributed by atoms with Crippen molar-refractivity contribution in [2.45, 2.75) is 24.2 Å². The highest BCUT2D eigenvalue weighted by molar-refractivity contribution is 7.99. The summed E-state index contributed by atoms with van der Waals surface area (Å²) in [4.78, 5) is 11.7. The number of carbonyl (C=O) groups excluding carboxylic acids is 1. The summed E-state index contributed by atoms with van der Waals surface area (Å²) in [6.07, 6.45) is 2.26. The maximum Gasteiger partial charge on any atom is 0.238 e. The van der Waals surface area contributed by atoms with Crippen molar-refractivity contribution in [3.05, 3.63) is 24.0 Å². The summed E-state index contributed by atoms with van der Waals surface area (Å²) < 4.78 is 36.1. The molecule has 0 aromatic heterocycles. The van der Waals surface area contributed by atoms with E-state index in [1.807, 2.05) is 11.8 Å². The first kappa shape index (κ1) is 16.3. The minimum absolute atomic E-state index is 0.156. The summed E-state index contributed by atoms with van der Waals surface area (Å²) in [5, 5.41) is 7.42. The van der Waals surface area contributed by atoms with E-state index in [0.717, 1.165) is 42.5 Å². The topological polar surface area (TPSA) is 89.3 Å². The van der Waals surface area contributed by atoms with Crippen molar-refractivity contribution in [3.63, 3.8) is 0 Å². The van der Waals surface area contributed by atoms with Crippen LogP contribution in [0.15, 0.2) is 23.1 Å². The highest BCUT2D eigenvalue weighted by Gasteiger charge is 2.19. The Kier molecular flexibility index (Phi) is 5.23. The third-order valence-electron chi connectivity index (χ3n) is 3.36. The molecule has 1 aliphatic rings. The quantitative estimate of drug-likeness (QED) is 0.882. The fourth-order valence-corrected chi connectivity index (χ4v) is 3.94. The van der Waals surface area contributed by atoms with Gasteiger partial charge in [-0.3, -0.25) is 4.79 Å². The van der Waals surface area contributed by atoms with Gasteiger partial charge in [-0.25, -0.2) is 17.9 Å². The van der Waals surface area contributed by atoms with Crippen LogP contribution < -0.4 is 10.5 Å². The number of sulfonamides is 1. The van der Waals surface area contributed by atoms with Gasteiger partial charge in [0.2, 0.25) is 15.9 Å². The number of primary sulfonamides is 1. The second-order valence-corrected chi connectivity index (χ2v) is 7.78. The van der Waals surface area contributed by atoms with Gasteiger partial charge in [0.1, 0.15) is 5.82 Å². The molecule has 0 unspecified atom stereocenters. The Labute approximate surface area is 127 Å². The van der Waals surface area contributed by atoms with Gasteiger partial charge < -0.3 is 5.32 Å². The van der Waals surface area contributed by atoms with E-state index in [1.165, 1.54) is 0 Å². The molecular weight excluding hydrogens is 315 g/mol. The molecule has 1 aromatic rings. The van der Waals surface area contributed by atoms with E-state index < -0.39 is 15.8 Å². The van der Waals surface area contributed by atoms with Gasteiger partial charge in [0.15, 0.2) is 0 Å². The number of hydrogen-bond donors (Lipinski definition) is 2. The molecule has 0 spiro atoms. The maximum atomic E-state index is 13.6. The summed E-state index contributed by atoms with van der Waals surface area (Å²) in [6.45, 7) is 0. The number of carbonyl (C=O) groups is 1. The number of nitrogens with one attached hydrogen (secondary N) is 1. The first-order chi connectivity index (χ1) is 9.86. The lowest BCUT2D eigenvalue weighted by atomic mass is 9.98. The monoisotopic (exact) mass is 332 g/mol. The third-order valence-corrected chi connectivity index (χ3v) is 5.32. The van der Waals surface area contributed by atoms with E-state index in [1.54, 1.807) is 0 Å². The Bertz CT molecular complexity index is 628. The molecule has 0 bridgehead atoms. The first-order valence-electron chi connectivity index (χ1n) is 6.56. The van der Waals surface area contributed by atoms with Crippen molar-refractivity contribution in [2.24, 2.45) is 11.1 Å². The van der Waals surface area contributed by atoms with Crippen LogP contribution in [0.1, 0.15) is 19.3 Å². The number of amides is 1. The van der Waals surface area contributed by atoms with E-state index in [2.05, 4.69) is 5.32 Å². The van der Waals surface area contributed by atoms with Crippen LogP contribution in [-0.4, -0.2) is 25.8 Å². The lowest BCUT2D eigenvalue weighted by Gasteiger charge is -2.20. The molecule has 2 rings (SSSR count). The molecule has 1 aliphatic heterocycles. The standard InChI is InChI=1S/C13H17FN2O3S2/c14-11-2-1-10(21(15,18)19)8-12(11)16-13(17)7-9-3-5-20-6-4-9/h1-2,8-9H,3-7H2,(H,16,17)(H2,15,18,19). The molecule has 116 valence electrons. The van der Waals surface area contributed by atoms with Crippen molar-refractivity contribution < 1.29 is 17.6 Å². The van der Waals surface area contributed by atoms with Crippen LogP contribution in [0.5, 0.6) is 0 Å². The lowest BCUT2D eigenvalue weighted by Crippen LogP contribution is -2.20. The van der Waals surface area contributed by atoms with Crippen LogP contribution in [0.4, 0.5) is 10.1 Å². The number of thioether (sulfide) groups is 1. The van der Waals surface area contributed by atoms with Gasteiger partial charge in [0.05, 0.1) is 10.6 Å². The molecular formula is C13H17FN2O3S2. The lowest BCUT2D eigenvalue weighted by molar-refractivity contribution is -0.117. The van der Waals surface area contributed by atoms with Crippen molar-refractivity contribution in [3.8, 4) is 0 Å². The predicted molar refractivity (Wildman–Crippen MR) is 81.1 cm³/mol. The Morgan fingerprint density at radius 1 is 1.38 bits per heavy atom. The van der Waals surface area contributed by atoms with Crippen molar-refractivity contribution in [1.82, 2.24) is 0 Å². The van der Waals surface area contributed by atoms with Crippen molar-refractivity contribution in [2.75, 3.05) is 16.8 Å². The van der Waals surface area contributed by atoms with E-state index in [9.17, 15) is 17.6 Å². The molecule has 0 saturated carbocycles. The highest BCUT2D eigenvalue weighted by Crippen LogP contribution is 2.26. The smallest absolute Gasteiger partial charge is 0.238 e. The normalized spacial score (nSPS) is 16.7. The van der Waals surface area contributed by atoms with Crippen LogP contribution >= 0.6 is 11.8 Å². The average Bonchev–Trinajstić information content (AvgIpc) is 2.41. The number of hydrogen-bond acceptors (Lipinski definition) is 4. The minimum atomic E-state index is -3.93. The van der Waals surface area contributed by atoms with E-state index in [0.29, 0.717) is 12.3 Å². The number of anilines is 1. The SMILES string of the molecule is NS(=O)(=O)c1ccc(F)c(NC(=O)CC2CCSCC2)c1. The number of benzene rings is 1. The molecule has 8 heteroatoms. The van der Waals surface area contributed by atoms with Crippen LogP contribution in [0, 0.1) is 11.7 Å². The summed E-state index contributed by atoms with van der Waals surface area (Å²) in [7, 11) is -3.93. The summed E-state index contributed by atoms with van der Waals surface area (Å²) in [5.74, 6) is 1.38. The number of halogens is 1. The molecule has 21 heavy (non-hydrogen) atoms. The number of rotatable bonds is 4. The molecule has 3 N–H and O–H groups in total. The fraction of sp³-hybridized carbons (Fsp3) is 0.462. The van der Waals surface area contributed by atoms with Gasteiger partial charge in [-0.05, 0) is 48.5 Å². The maximum absolute atomic E-state index is 13.6. The van der Waals surface area contributed by atoms with Crippen LogP contribution in [0.3, 0.4) is 0 Å². The van der Waals surface area contributed by atoms with Crippen molar-refractivity contribution >= 4 is 33.4 Å². The molecule has 5 nitrogen and oxygen atoms in total. The second-order valence-electron chi connectivity index (χ2n) is 4.99. The van der Waals surface area contributed by atoms with Gasteiger partial charge in [0.25, 0.3) is 0 Å². The Morgan fingerprint density at radius 3 is 2.67 bits per heavy atom. The molecule has 0 aliphatic carbocycles. The van der Waals surface area contributed by atoms with Crippen LogP contribution in [-0.2, 0) is 14.8 Å². The molecule has 1 aromatic carbocycles. The van der Waals surface area contributed by atoms with E-state index in [4.69, 9.17) is 5.14 Å². The van der Waals surface area contributed by atoms with Crippen molar-refractivity contribution in [1.29, 1.82) is 0 Å².